The van der Waals surface area contributed by atoms with Gasteiger partial charge in [-0.2, -0.15) is 0 Å². The summed E-state index contributed by atoms with van der Waals surface area (Å²) >= 11 is 0. The van der Waals surface area contributed by atoms with Crippen LogP contribution >= 0.6 is 0 Å². The molecule has 0 saturated heterocycles. The molecule has 0 aromatic heterocycles. The van der Waals surface area contributed by atoms with E-state index in [4.69, 9.17) is 5.73 Å². The third-order valence-electron chi connectivity index (χ3n) is 1.88. The Balaban J connectivity index is 1.83. The van der Waals surface area contributed by atoms with Gasteiger partial charge in [0.1, 0.15) is 6.61 Å². The second-order valence-corrected chi connectivity index (χ2v) is 2.75. The van der Waals surface area contributed by atoms with E-state index in [1.807, 2.05) is 0 Å². The molecule has 1 rings (SSSR count). The van der Waals surface area contributed by atoms with E-state index in [1.54, 1.807) is 0 Å². The fraction of sp³-hybridized carbons (Fsp3) is 0.857. The predicted octanol–water partition coefficient (Wildman–Crippen LogP) is 0.224. The molecular formula is C7H14N2O2. The lowest BCUT2D eigenvalue weighted by molar-refractivity contribution is 0.154. The molecule has 4 nitrogen and oxygen atoms in total. The molecule has 3 N–H and O–H groups in total. The molecule has 0 aromatic rings. The van der Waals surface area contributed by atoms with Crippen molar-refractivity contribution >= 4 is 6.09 Å². The van der Waals surface area contributed by atoms with Crippen molar-refractivity contribution in [2.45, 2.75) is 25.3 Å². The fourth-order valence-corrected chi connectivity index (χ4v) is 1.03. The lowest BCUT2D eigenvalue weighted by Gasteiger charge is -2.26. The van der Waals surface area contributed by atoms with Crippen molar-refractivity contribution < 1.29 is 9.53 Å². The Labute approximate surface area is 66.1 Å². The Hall–Kier alpha value is -0.770. The van der Waals surface area contributed by atoms with Gasteiger partial charge in [-0.15, -0.1) is 0 Å². The topological polar surface area (TPSA) is 64.4 Å². The zero-order valence-electron chi connectivity index (χ0n) is 6.51. The maximum absolute atomic E-state index is 10.1. The molecule has 0 aliphatic heterocycles. The van der Waals surface area contributed by atoms with Crippen LogP contribution in [-0.2, 0) is 4.74 Å². The molecule has 0 spiro atoms. The maximum atomic E-state index is 10.1. The minimum Gasteiger partial charge on any atom is -0.448 e. The highest BCUT2D eigenvalue weighted by molar-refractivity contribution is 5.64. The summed E-state index contributed by atoms with van der Waals surface area (Å²) in [4.78, 5) is 10.1. The van der Waals surface area contributed by atoms with E-state index in [9.17, 15) is 4.79 Å². The van der Waals surface area contributed by atoms with Crippen molar-refractivity contribution in [3.8, 4) is 0 Å². The number of hydrogen-bond donors (Lipinski definition) is 2. The van der Waals surface area contributed by atoms with Gasteiger partial charge in [0.15, 0.2) is 0 Å². The number of carbonyl (C=O) groups is 1. The first-order valence-electron chi connectivity index (χ1n) is 3.94. The normalized spacial score (nSPS) is 17.5. The molecule has 1 fully saturated rings. The fourth-order valence-electron chi connectivity index (χ4n) is 1.03. The summed E-state index contributed by atoms with van der Waals surface area (Å²) in [6.45, 7) is 1.10. The van der Waals surface area contributed by atoms with Crippen LogP contribution in [-0.4, -0.2) is 25.3 Å². The number of amides is 1. The second kappa shape index (κ2) is 4.18. The zero-order chi connectivity index (χ0) is 8.10. The van der Waals surface area contributed by atoms with Crippen molar-refractivity contribution in [1.82, 2.24) is 5.32 Å². The van der Waals surface area contributed by atoms with Crippen LogP contribution in [0, 0.1) is 0 Å². The van der Waals surface area contributed by atoms with Gasteiger partial charge in [0, 0.05) is 12.6 Å². The Morgan fingerprint density at radius 1 is 1.64 bits per heavy atom. The van der Waals surface area contributed by atoms with E-state index < -0.39 is 6.09 Å². The monoisotopic (exact) mass is 158 g/mol. The van der Waals surface area contributed by atoms with Crippen LogP contribution in [0.1, 0.15) is 19.3 Å². The van der Waals surface area contributed by atoms with E-state index >= 15 is 0 Å². The number of ether oxygens (including phenoxy) is 1. The van der Waals surface area contributed by atoms with E-state index in [1.165, 1.54) is 19.3 Å². The number of carbonyl (C=O) groups excluding carboxylic acids is 1. The van der Waals surface area contributed by atoms with Crippen LogP contribution in [0.15, 0.2) is 0 Å². The highest BCUT2D eigenvalue weighted by Gasteiger charge is 2.15. The number of rotatable bonds is 4. The van der Waals surface area contributed by atoms with Crippen molar-refractivity contribution in [3.63, 3.8) is 0 Å². The van der Waals surface area contributed by atoms with Crippen LogP contribution in [0.2, 0.25) is 0 Å². The molecular weight excluding hydrogens is 144 g/mol. The van der Waals surface area contributed by atoms with E-state index in [0.717, 1.165) is 0 Å². The Morgan fingerprint density at radius 2 is 2.36 bits per heavy atom. The summed E-state index contributed by atoms with van der Waals surface area (Å²) < 4.78 is 4.54. The molecule has 0 heterocycles. The summed E-state index contributed by atoms with van der Waals surface area (Å²) in [6.07, 6.45) is 3.11. The van der Waals surface area contributed by atoms with Crippen LogP contribution in [0.25, 0.3) is 0 Å². The number of nitrogens with two attached hydrogens (primary N) is 1. The number of hydrogen-bond acceptors (Lipinski definition) is 3. The van der Waals surface area contributed by atoms with Crippen molar-refractivity contribution in [2.75, 3.05) is 13.2 Å². The lowest BCUT2D eigenvalue weighted by atomic mass is 9.93. The molecule has 1 aliphatic rings. The molecule has 1 amide bonds. The largest absolute Gasteiger partial charge is 0.448 e. The first kappa shape index (κ1) is 8.33. The molecule has 1 aliphatic carbocycles. The van der Waals surface area contributed by atoms with Gasteiger partial charge >= 0.3 is 6.09 Å². The summed E-state index contributed by atoms with van der Waals surface area (Å²) in [7, 11) is 0. The standard InChI is InChI=1S/C7H14N2O2/c8-7(10)11-5-4-9-6-2-1-3-6/h6,9H,1-5H2,(H2,8,10). The van der Waals surface area contributed by atoms with Gasteiger partial charge in [0.25, 0.3) is 0 Å². The average molecular weight is 158 g/mol. The minimum absolute atomic E-state index is 0.381. The van der Waals surface area contributed by atoms with Gasteiger partial charge in [-0.3, -0.25) is 0 Å². The van der Waals surface area contributed by atoms with Gasteiger partial charge in [0.2, 0.25) is 0 Å². The van der Waals surface area contributed by atoms with E-state index in [2.05, 4.69) is 10.1 Å². The zero-order valence-corrected chi connectivity index (χ0v) is 6.51. The van der Waals surface area contributed by atoms with Gasteiger partial charge in [0.05, 0.1) is 0 Å². The van der Waals surface area contributed by atoms with Gasteiger partial charge in [-0.25, -0.2) is 4.79 Å². The van der Waals surface area contributed by atoms with Gasteiger partial charge in [-0.1, -0.05) is 6.42 Å². The minimum atomic E-state index is -0.694. The van der Waals surface area contributed by atoms with Crippen LogP contribution in [0.3, 0.4) is 0 Å². The van der Waals surface area contributed by atoms with Gasteiger partial charge in [-0.05, 0) is 12.8 Å². The van der Waals surface area contributed by atoms with Gasteiger partial charge < -0.3 is 15.8 Å². The highest BCUT2D eigenvalue weighted by atomic mass is 16.5. The first-order chi connectivity index (χ1) is 5.29. The van der Waals surface area contributed by atoms with Crippen molar-refractivity contribution in [3.05, 3.63) is 0 Å². The second-order valence-electron chi connectivity index (χ2n) is 2.75. The molecule has 4 heteroatoms. The number of primary amides is 1. The van der Waals surface area contributed by atoms with Crippen molar-refractivity contribution in [1.29, 1.82) is 0 Å². The molecule has 0 atom stereocenters. The SMILES string of the molecule is NC(=O)OCCNC1CCC1. The third-order valence-corrected chi connectivity index (χ3v) is 1.88. The smallest absolute Gasteiger partial charge is 0.404 e. The first-order valence-corrected chi connectivity index (χ1v) is 3.94. The molecule has 1 saturated carbocycles. The van der Waals surface area contributed by atoms with Crippen molar-refractivity contribution in [2.24, 2.45) is 5.73 Å². The molecule has 0 radical (unpaired) electrons. The Bertz CT molecular complexity index is 134. The van der Waals surface area contributed by atoms with E-state index in [-0.39, 0.29) is 0 Å². The quantitative estimate of drug-likeness (QED) is 0.575. The summed E-state index contributed by atoms with van der Waals surface area (Å²) in [5, 5.41) is 3.24. The highest BCUT2D eigenvalue weighted by Crippen LogP contribution is 2.17. The maximum Gasteiger partial charge on any atom is 0.404 e. The molecule has 0 aromatic carbocycles. The third kappa shape index (κ3) is 3.23. The molecule has 64 valence electrons. The molecule has 0 unspecified atom stereocenters. The van der Waals surface area contributed by atoms with Crippen LogP contribution in [0.4, 0.5) is 4.79 Å². The Morgan fingerprint density at radius 3 is 2.82 bits per heavy atom. The Kier molecular flexibility index (Phi) is 3.16. The number of nitrogens with one attached hydrogen (secondary N) is 1. The average Bonchev–Trinajstić information content (AvgIpc) is 1.82. The molecule has 0 bridgehead atoms. The van der Waals surface area contributed by atoms with Crippen LogP contribution < -0.4 is 11.1 Å². The summed E-state index contributed by atoms with van der Waals surface area (Å²) in [5.41, 5.74) is 4.77. The van der Waals surface area contributed by atoms with Crippen LogP contribution in [0.5, 0.6) is 0 Å². The summed E-state index contributed by atoms with van der Waals surface area (Å²) in [5.74, 6) is 0. The molecule has 11 heavy (non-hydrogen) atoms. The lowest BCUT2D eigenvalue weighted by Crippen LogP contribution is -2.37. The predicted molar refractivity (Wildman–Crippen MR) is 41.2 cm³/mol. The van der Waals surface area contributed by atoms with E-state index in [0.29, 0.717) is 19.2 Å². The summed E-state index contributed by atoms with van der Waals surface area (Å²) in [6, 6.07) is 0.645.